The normalized spacial score (nSPS) is 12.4. The fraction of sp³-hybridized carbons (Fsp3) is 0.333. The van der Waals surface area contributed by atoms with Crippen molar-refractivity contribution in [2.45, 2.75) is 26.0 Å². The van der Waals surface area contributed by atoms with Crippen molar-refractivity contribution >= 4 is 0 Å². The minimum absolute atomic E-state index is 0.296. The third kappa shape index (κ3) is 5.21. The van der Waals surface area contributed by atoms with Gasteiger partial charge in [0.25, 0.3) is 0 Å². The molecule has 112 valence electrons. The van der Waals surface area contributed by atoms with Gasteiger partial charge in [0.2, 0.25) is 0 Å². The molecular weight excluding hydrogens is 262 g/mol. The standard InChI is InChI=1S/C18H23NO2/c1-14(2)19-12-17(20)13-21-18-10-8-16(9-11-18)15-6-4-3-5-7-15/h3-11,14,17,19-20H,12-13H2,1-2H3/t17-/m0/s1. The molecule has 0 amide bonds. The molecule has 0 aliphatic carbocycles. The second kappa shape index (κ2) is 7.81. The van der Waals surface area contributed by atoms with Gasteiger partial charge in [0.15, 0.2) is 0 Å². The van der Waals surface area contributed by atoms with E-state index in [-0.39, 0.29) is 0 Å². The van der Waals surface area contributed by atoms with Crippen molar-refractivity contribution < 1.29 is 9.84 Å². The summed E-state index contributed by atoms with van der Waals surface area (Å²) in [6, 6.07) is 18.5. The molecule has 0 fully saturated rings. The van der Waals surface area contributed by atoms with E-state index >= 15 is 0 Å². The summed E-state index contributed by atoms with van der Waals surface area (Å²) in [5, 5.41) is 13.0. The summed E-state index contributed by atoms with van der Waals surface area (Å²) in [6.45, 7) is 4.94. The maximum Gasteiger partial charge on any atom is 0.119 e. The molecular formula is C18H23NO2. The molecule has 2 aromatic carbocycles. The van der Waals surface area contributed by atoms with Crippen molar-refractivity contribution in [1.29, 1.82) is 0 Å². The van der Waals surface area contributed by atoms with Gasteiger partial charge < -0.3 is 15.2 Å². The van der Waals surface area contributed by atoms with Crippen LogP contribution in [-0.4, -0.2) is 30.4 Å². The highest BCUT2D eigenvalue weighted by Gasteiger charge is 2.06. The largest absolute Gasteiger partial charge is 0.491 e. The van der Waals surface area contributed by atoms with Crippen LogP contribution in [0.15, 0.2) is 54.6 Å². The van der Waals surface area contributed by atoms with Crippen LogP contribution in [0.5, 0.6) is 5.75 Å². The molecule has 2 rings (SSSR count). The van der Waals surface area contributed by atoms with Gasteiger partial charge in [0.05, 0.1) is 0 Å². The Hall–Kier alpha value is -1.84. The molecule has 0 saturated carbocycles. The van der Waals surface area contributed by atoms with E-state index in [1.54, 1.807) is 0 Å². The maximum atomic E-state index is 9.80. The molecule has 3 heteroatoms. The zero-order valence-corrected chi connectivity index (χ0v) is 12.6. The molecule has 0 aliphatic rings. The lowest BCUT2D eigenvalue weighted by atomic mass is 10.1. The van der Waals surface area contributed by atoms with E-state index in [4.69, 9.17) is 4.74 Å². The summed E-state index contributed by atoms with van der Waals surface area (Å²) in [7, 11) is 0. The molecule has 0 spiro atoms. The Morgan fingerprint density at radius 3 is 2.19 bits per heavy atom. The number of benzene rings is 2. The Morgan fingerprint density at radius 2 is 1.57 bits per heavy atom. The summed E-state index contributed by atoms with van der Waals surface area (Å²) in [5.74, 6) is 0.776. The minimum atomic E-state index is -0.499. The number of rotatable bonds is 7. The molecule has 2 aromatic rings. The molecule has 0 radical (unpaired) electrons. The van der Waals surface area contributed by atoms with Gasteiger partial charge in [-0.2, -0.15) is 0 Å². The monoisotopic (exact) mass is 285 g/mol. The van der Waals surface area contributed by atoms with Gasteiger partial charge in [0.1, 0.15) is 18.5 Å². The van der Waals surface area contributed by atoms with Crippen LogP contribution in [-0.2, 0) is 0 Å². The van der Waals surface area contributed by atoms with Crippen LogP contribution >= 0.6 is 0 Å². The summed E-state index contributed by atoms with van der Waals surface area (Å²) < 4.78 is 5.60. The van der Waals surface area contributed by atoms with E-state index in [1.165, 1.54) is 5.56 Å². The van der Waals surface area contributed by atoms with Crippen LogP contribution in [0.25, 0.3) is 11.1 Å². The fourth-order valence-electron chi connectivity index (χ4n) is 2.00. The zero-order chi connectivity index (χ0) is 15.1. The lowest BCUT2D eigenvalue weighted by Gasteiger charge is -2.15. The highest BCUT2D eigenvalue weighted by atomic mass is 16.5. The van der Waals surface area contributed by atoms with Gasteiger partial charge >= 0.3 is 0 Å². The van der Waals surface area contributed by atoms with Crippen LogP contribution in [0.3, 0.4) is 0 Å². The first-order chi connectivity index (χ1) is 10.1. The molecule has 0 aliphatic heterocycles. The van der Waals surface area contributed by atoms with E-state index < -0.39 is 6.10 Å². The predicted molar refractivity (Wildman–Crippen MR) is 86.5 cm³/mol. The summed E-state index contributed by atoms with van der Waals surface area (Å²) in [5.41, 5.74) is 2.34. The second-order valence-electron chi connectivity index (χ2n) is 5.42. The van der Waals surface area contributed by atoms with Crippen LogP contribution in [0, 0.1) is 0 Å². The van der Waals surface area contributed by atoms with Gasteiger partial charge in [-0.15, -0.1) is 0 Å². The molecule has 0 heterocycles. The molecule has 0 aromatic heterocycles. The van der Waals surface area contributed by atoms with E-state index in [9.17, 15) is 5.11 Å². The van der Waals surface area contributed by atoms with Gasteiger partial charge in [-0.05, 0) is 23.3 Å². The van der Waals surface area contributed by atoms with Crippen molar-refractivity contribution in [3.05, 3.63) is 54.6 Å². The number of aliphatic hydroxyl groups excluding tert-OH is 1. The Bertz CT molecular complexity index is 523. The lowest BCUT2D eigenvalue weighted by Crippen LogP contribution is -2.35. The van der Waals surface area contributed by atoms with E-state index in [2.05, 4.69) is 31.3 Å². The minimum Gasteiger partial charge on any atom is -0.491 e. The molecule has 3 nitrogen and oxygen atoms in total. The van der Waals surface area contributed by atoms with Crippen LogP contribution < -0.4 is 10.1 Å². The second-order valence-corrected chi connectivity index (χ2v) is 5.42. The third-order valence-corrected chi connectivity index (χ3v) is 3.17. The number of nitrogens with one attached hydrogen (secondary N) is 1. The fourth-order valence-corrected chi connectivity index (χ4v) is 2.00. The average molecular weight is 285 g/mol. The third-order valence-electron chi connectivity index (χ3n) is 3.17. The Balaban J connectivity index is 1.85. The number of hydrogen-bond acceptors (Lipinski definition) is 3. The topological polar surface area (TPSA) is 41.5 Å². The quantitative estimate of drug-likeness (QED) is 0.821. The highest BCUT2D eigenvalue weighted by molar-refractivity contribution is 5.63. The van der Waals surface area contributed by atoms with Gasteiger partial charge in [-0.1, -0.05) is 56.3 Å². The average Bonchev–Trinajstić information content (AvgIpc) is 2.52. The van der Waals surface area contributed by atoms with Crippen molar-refractivity contribution in [2.75, 3.05) is 13.2 Å². The number of hydrogen-bond donors (Lipinski definition) is 2. The Morgan fingerprint density at radius 1 is 0.952 bits per heavy atom. The summed E-state index contributed by atoms with van der Waals surface area (Å²) in [4.78, 5) is 0. The van der Waals surface area contributed by atoms with Gasteiger partial charge in [-0.3, -0.25) is 0 Å². The summed E-state index contributed by atoms with van der Waals surface area (Å²) in [6.07, 6.45) is -0.499. The smallest absolute Gasteiger partial charge is 0.119 e. The van der Waals surface area contributed by atoms with Gasteiger partial charge in [0, 0.05) is 12.6 Å². The SMILES string of the molecule is CC(C)NC[C@H](O)COc1ccc(-c2ccccc2)cc1. The first-order valence-electron chi connectivity index (χ1n) is 7.35. The maximum absolute atomic E-state index is 9.80. The van der Waals surface area contributed by atoms with Crippen molar-refractivity contribution in [1.82, 2.24) is 5.32 Å². The molecule has 21 heavy (non-hydrogen) atoms. The molecule has 0 bridgehead atoms. The Labute approximate surface area is 126 Å². The van der Waals surface area contributed by atoms with Crippen LogP contribution in [0.4, 0.5) is 0 Å². The molecule has 2 N–H and O–H groups in total. The number of ether oxygens (including phenoxy) is 1. The zero-order valence-electron chi connectivity index (χ0n) is 12.6. The van der Waals surface area contributed by atoms with E-state index in [1.807, 2.05) is 42.5 Å². The molecule has 0 saturated heterocycles. The molecule has 0 unspecified atom stereocenters. The first kappa shape index (κ1) is 15.5. The van der Waals surface area contributed by atoms with Crippen LogP contribution in [0.2, 0.25) is 0 Å². The highest BCUT2D eigenvalue weighted by Crippen LogP contribution is 2.22. The van der Waals surface area contributed by atoms with E-state index in [0.29, 0.717) is 19.2 Å². The Kier molecular flexibility index (Phi) is 5.78. The molecule has 1 atom stereocenters. The number of aliphatic hydroxyl groups is 1. The van der Waals surface area contributed by atoms with Crippen molar-refractivity contribution in [2.24, 2.45) is 0 Å². The van der Waals surface area contributed by atoms with Crippen molar-refractivity contribution in [3.8, 4) is 16.9 Å². The first-order valence-corrected chi connectivity index (χ1v) is 7.35. The summed E-state index contributed by atoms with van der Waals surface area (Å²) >= 11 is 0. The lowest BCUT2D eigenvalue weighted by molar-refractivity contribution is 0.104. The van der Waals surface area contributed by atoms with Gasteiger partial charge in [-0.25, -0.2) is 0 Å². The predicted octanol–water partition coefficient (Wildman–Crippen LogP) is 3.09. The van der Waals surface area contributed by atoms with Crippen LogP contribution in [0.1, 0.15) is 13.8 Å². The van der Waals surface area contributed by atoms with E-state index in [0.717, 1.165) is 11.3 Å². The van der Waals surface area contributed by atoms with Crippen molar-refractivity contribution in [3.63, 3.8) is 0 Å².